The van der Waals surface area contributed by atoms with Gasteiger partial charge in [-0.05, 0) is 43.0 Å². The Labute approximate surface area is 183 Å². The summed E-state index contributed by atoms with van der Waals surface area (Å²) in [5, 5.41) is 3.70. The summed E-state index contributed by atoms with van der Waals surface area (Å²) >= 11 is 4.35. The summed E-state index contributed by atoms with van der Waals surface area (Å²) in [7, 11) is 0. The van der Waals surface area contributed by atoms with Gasteiger partial charge in [0.2, 0.25) is 0 Å². The molecule has 0 amide bonds. The van der Waals surface area contributed by atoms with E-state index in [-0.39, 0.29) is 11.1 Å². The van der Waals surface area contributed by atoms with E-state index in [4.69, 9.17) is 4.98 Å². The number of thioether (sulfide) groups is 1. The molecule has 0 unspecified atom stereocenters. The second-order valence-electron chi connectivity index (χ2n) is 6.77. The standard InChI is InChI=1S/C21H16N4O2S3/c1-11-12(2)30-19-16(11)17(26)22-15(23-19)10-29-21-24-18-14(8-9-28-18)20(27)25(21)13-6-4-3-5-7-13/h3-9H,10H2,1-2H3,(H,22,23,26). The molecule has 6 nitrogen and oxygen atoms in total. The predicted molar refractivity (Wildman–Crippen MR) is 124 cm³/mol. The van der Waals surface area contributed by atoms with Crippen molar-refractivity contribution in [1.29, 1.82) is 0 Å². The fourth-order valence-corrected chi connectivity index (χ4v) is 6.03. The van der Waals surface area contributed by atoms with E-state index in [0.29, 0.717) is 32.3 Å². The van der Waals surface area contributed by atoms with Gasteiger partial charge in [-0.3, -0.25) is 14.2 Å². The molecule has 0 fully saturated rings. The van der Waals surface area contributed by atoms with Crippen LogP contribution in [0.25, 0.3) is 26.1 Å². The molecule has 1 N–H and O–H groups in total. The summed E-state index contributed by atoms with van der Waals surface area (Å²) in [5.74, 6) is 0.969. The van der Waals surface area contributed by atoms with Crippen molar-refractivity contribution in [2.75, 3.05) is 0 Å². The molecule has 150 valence electrons. The lowest BCUT2D eigenvalue weighted by Gasteiger charge is -2.11. The van der Waals surface area contributed by atoms with E-state index in [9.17, 15) is 9.59 Å². The molecule has 0 saturated carbocycles. The molecule has 5 aromatic rings. The largest absolute Gasteiger partial charge is 0.309 e. The quantitative estimate of drug-likeness (QED) is 0.317. The first-order valence-electron chi connectivity index (χ1n) is 9.20. The Hall–Kier alpha value is -2.75. The first-order chi connectivity index (χ1) is 14.5. The lowest BCUT2D eigenvalue weighted by atomic mass is 10.2. The summed E-state index contributed by atoms with van der Waals surface area (Å²) in [5.41, 5.74) is 1.51. The monoisotopic (exact) mass is 452 g/mol. The van der Waals surface area contributed by atoms with Crippen molar-refractivity contribution in [2.45, 2.75) is 24.8 Å². The Morgan fingerprint density at radius 1 is 1.07 bits per heavy atom. The number of rotatable bonds is 4. The lowest BCUT2D eigenvalue weighted by molar-refractivity contribution is 0.821. The minimum absolute atomic E-state index is 0.101. The van der Waals surface area contributed by atoms with E-state index < -0.39 is 0 Å². The molecule has 5 rings (SSSR count). The van der Waals surface area contributed by atoms with Gasteiger partial charge in [-0.15, -0.1) is 22.7 Å². The van der Waals surface area contributed by atoms with Crippen LogP contribution in [0.4, 0.5) is 0 Å². The van der Waals surface area contributed by atoms with Crippen molar-refractivity contribution in [2.24, 2.45) is 0 Å². The number of aromatic nitrogens is 4. The van der Waals surface area contributed by atoms with Crippen LogP contribution in [0.3, 0.4) is 0 Å². The number of nitrogens with one attached hydrogen (secondary N) is 1. The van der Waals surface area contributed by atoms with E-state index in [0.717, 1.165) is 21.0 Å². The molecule has 0 aliphatic carbocycles. The van der Waals surface area contributed by atoms with Crippen LogP contribution >= 0.6 is 34.4 Å². The Balaban J connectivity index is 1.58. The maximum atomic E-state index is 13.1. The summed E-state index contributed by atoms with van der Waals surface area (Å²) in [4.78, 5) is 40.5. The first-order valence-corrected chi connectivity index (χ1v) is 11.9. The minimum Gasteiger partial charge on any atom is -0.309 e. The van der Waals surface area contributed by atoms with Crippen LogP contribution in [0.15, 0.2) is 56.5 Å². The smallest absolute Gasteiger partial charge is 0.267 e. The molecule has 0 aliphatic rings. The van der Waals surface area contributed by atoms with Crippen LogP contribution in [-0.2, 0) is 5.75 Å². The van der Waals surface area contributed by atoms with Gasteiger partial charge in [-0.2, -0.15) is 0 Å². The van der Waals surface area contributed by atoms with Crippen LogP contribution in [0.5, 0.6) is 0 Å². The normalized spacial score (nSPS) is 11.5. The molecular weight excluding hydrogens is 436 g/mol. The average molecular weight is 453 g/mol. The summed E-state index contributed by atoms with van der Waals surface area (Å²) in [6.07, 6.45) is 0. The molecule has 0 aliphatic heterocycles. The van der Waals surface area contributed by atoms with E-state index >= 15 is 0 Å². The number of aromatic amines is 1. The van der Waals surface area contributed by atoms with E-state index in [1.807, 2.05) is 49.6 Å². The predicted octanol–water partition coefficient (Wildman–Crippen LogP) is 4.65. The molecule has 4 aromatic heterocycles. The zero-order valence-corrected chi connectivity index (χ0v) is 18.6. The summed E-state index contributed by atoms with van der Waals surface area (Å²) < 4.78 is 1.62. The number of nitrogens with zero attached hydrogens (tertiary/aromatic N) is 3. The second kappa shape index (κ2) is 7.50. The number of benzene rings is 1. The van der Waals surface area contributed by atoms with Crippen LogP contribution in [0, 0.1) is 13.8 Å². The van der Waals surface area contributed by atoms with Crippen molar-refractivity contribution in [3.8, 4) is 5.69 Å². The Bertz CT molecular complexity index is 1510. The van der Waals surface area contributed by atoms with Gasteiger partial charge in [0, 0.05) is 4.88 Å². The van der Waals surface area contributed by atoms with E-state index in [1.54, 1.807) is 10.6 Å². The molecule has 9 heteroatoms. The highest BCUT2D eigenvalue weighted by Gasteiger charge is 2.16. The molecule has 0 bridgehead atoms. The van der Waals surface area contributed by atoms with Gasteiger partial charge >= 0.3 is 0 Å². The van der Waals surface area contributed by atoms with Gasteiger partial charge in [-0.1, -0.05) is 30.0 Å². The number of hydrogen-bond donors (Lipinski definition) is 1. The SMILES string of the molecule is Cc1sc2nc(CSc3nc4sccc4c(=O)n3-c3ccccc3)[nH]c(=O)c2c1C. The molecule has 0 atom stereocenters. The van der Waals surface area contributed by atoms with Crippen molar-refractivity contribution < 1.29 is 0 Å². The minimum atomic E-state index is -0.125. The fraction of sp³-hybridized carbons (Fsp3) is 0.143. The number of hydrogen-bond acceptors (Lipinski definition) is 7. The number of para-hydroxylation sites is 1. The highest BCUT2D eigenvalue weighted by atomic mass is 32.2. The Kier molecular flexibility index (Phi) is 4.80. The van der Waals surface area contributed by atoms with Gasteiger partial charge in [0.25, 0.3) is 11.1 Å². The van der Waals surface area contributed by atoms with Crippen LogP contribution in [-0.4, -0.2) is 19.5 Å². The molecular formula is C21H16N4O2S3. The third kappa shape index (κ3) is 3.19. The maximum Gasteiger partial charge on any atom is 0.267 e. The van der Waals surface area contributed by atoms with E-state index in [2.05, 4.69) is 9.97 Å². The molecule has 1 aromatic carbocycles. The topological polar surface area (TPSA) is 80.6 Å². The van der Waals surface area contributed by atoms with Gasteiger partial charge in [0.15, 0.2) is 5.16 Å². The third-order valence-electron chi connectivity index (χ3n) is 4.91. The van der Waals surface area contributed by atoms with Gasteiger partial charge in [-0.25, -0.2) is 9.97 Å². The van der Waals surface area contributed by atoms with Crippen LogP contribution in [0.2, 0.25) is 0 Å². The van der Waals surface area contributed by atoms with E-state index in [1.165, 1.54) is 34.4 Å². The van der Waals surface area contributed by atoms with Crippen LogP contribution < -0.4 is 11.1 Å². The van der Waals surface area contributed by atoms with Gasteiger partial charge in [0.05, 0.1) is 22.2 Å². The zero-order chi connectivity index (χ0) is 20.8. The zero-order valence-electron chi connectivity index (χ0n) is 16.1. The lowest BCUT2D eigenvalue weighted by Crippen LogP contribution is -2.21. The van der Waals surface area contributed by atoms with Crippen molar-refractivity contribution in [3.63, 3.8) is 0 Å². The van der Waals surface area contributed by atoms with Gasteiger partial charge < -0.3 is 4.98 Å². The number of aryl methyl sites for hydroxylation is 2. The van der Waals surface area contributed by atoms with Crippen molar-refractivity contribution >= 4 is 54.9 Å². The summed E-state index contributed by atoms with van der Waals surface area (Å²) in [6, 6.07) is 11.3. The number of fused-ring (bicyclic) bond motifs is 2. The Morgan fingerprint density at radius 3 is 2.67 bits per heavy atom. The van der Waals surface area contributed by atoms with Gasteiger partial charge in [0.1, 0.15) is 15.5 Å². The highest BCUT2D eigenvalue weighted by Crippen LogP contribution is 2.28. The van der Waals surface area contributed by atoms with Crippen molar-refractivity contribution in [1.82, 2.24) is 19.5 Å². The molecule has 0 radical (unpaired) electrons. The summed E-state index contributed by atoms with van der Waals surface area (Å²) in [6.45, 7) is 3.94. The maximum absolute atomic E-state index is 13.1. The number of H-pyrrole nitrogens is 1. The third-order valence-corrected chi connectivity index (χ3v) is 7.76. The second-order valence-corrected chi connectivity index (χ2v) is 9.81. The molecule has 0 spiro atoms. The fourth-order valence-electron chi connectivity index (χ4n) is 3.30. The highest BCUT2D eigenvalue weighted by molar-refractivity contribution is 7.98. The molecule has 4 heterocycles. The van der Waals surface area contributed by atoms with Crippen LogP contribution in [0.1, 0.15) is 16.3 Å². The van der Waals surface area contributed by atoms with Crippen molar-refractivity contribution in [3.05, 3.63) is 78.8 Å². The first kappa shape index (κ1) is 19.2. The molecule has 30 heavy (non-hydrogen) atoms. The average Bonchev–Trinajstić information content (AvgIpc) is 3.32. The number of thiophene rings is 2. The molecule has 0 saturated heterocycles. The Morgan fingerprint density at radius 2 is 1.87 bits per heavy atom.